The topological polar surface area (TPSA) is 46.3 Å². The zero-order chi connectivity index (χ0) is 16.5. The van der Waals surface area contributed by atoms with Crippen LogP contribution >= 0.6 is 11.3 Å². The molecule has 0 aliphatic carbocycles. The molecule has 0 bridgehead atoms. The predicted molar refractivity (Wildman–Crippen MR) is 92.6 cm³/mol. The zero-order valence-corrected chi connectivity index (χ0v) is 13.7. The first-order valence-corrected chi connectivity index (χ1v) is 8.24. The molecule has 120 valence electrons. The van der Waals surface area contributed by atoms with Crippen LogP contribution < -0.4 is 4.90 Å². The maximum Gasteiger partial charge on any atom is 0.214 e. The summed E-state index contributed by atoms with van der Waals surface area (Å²) in [7, 11) is 1.98. The molecule has 0 aliphatic heterocycles. The van der Waals surface area contributed by atoms with Crippen molar-refractivity contribution in [2.75, 3.05) is 11.9 Å². The SMILES string of the molecule is CN(Cc1ccccn1)c1nn2cc(-c3ccc(F)cc3)nc2s1. The van der Waals surface area contributed by atoms with Crippen LogP contribution in [0.4, 0.5) is 9.52 Å². The lowest BCUT2D eigenvalue weighted by Crippen LogP contribution is -2.17. The van der Waals surface area contributed by atoms with Gasteiger partial charge in [-0.1, -0.05) is 17.4 Å². The quantitative estimate of drug-likeness (QED) is 0.570. The van der Waals surface area contributed by atoms with Gasteiger partial charge in [0.25, 0.3) is 0 Å². The molecule has 0 saturated heterocycles. The number of halogens is 1. The number of pyridine rings is 1. The van der Waals surface area contributed by atoms with Crippen molar-refractivity contribution >= 4 is 21.4 Å². The average molecular weight is 339 g/mol. The van der Waals surface area contributed by atoms with E-state index in [1.165, 1.54) is 23.5 Å². The first-order valence-electron chi connectivity index (χ1n) is 7.42. The van der Waals surface area contributed by atoms with Crippen LogP contribution in [0.2, 0.25) is 0 Å². The summed E-state index contributed by atoms with van der Waals surface area (Å²) in [6, 6.07) is 12.2. The van der Waals surface area contributed by atoms with Crippen LogP contribution in [0, 0.1) is 5.82 Å². The summed E-state index contributed by atoms with van der Waals surface area (Å²) < 4.78 is 14.8. The summed E-state index contributed by atoms with van der Waals surface area (Å²) in [5.74, 6) is -0.253. The Morgan fingerprint density at radius 3 is 2.71 bits per heavy atom. The van der Waals surface area contributed by atoms with E-state index in [-0.39, 0.29) is 5.82 Å². The lowest BCUT2D eigenvalue weighted by Gasteiger charge is -2.13. The van der Waals surface area contributed by atoms with Gasteiger partial charge in [0.1, 0.15) is 5.82 Å². The van der Waals surface area contributed by atoms with Gasteiger partial charge in [0, 0.05) is 18.8 Å². The molecule has 3 aromatic heterocycles. The predicted octanol–water partition coefficient (Wildman–Crippen LogP) is 3.63. The molecule has 5 nitrogen and oxygen atoms in total. The van der Waals surface area contributed by atoms with Gasteiger partial charge in [-0.2, -0.15) is 0 Å². The molecule has 0 fully saturated rings. The van der Waals surface area contributed by atoms with Crippen molar-refractivity contribution in [2.45, 2.75) is 6.54 Å². The third-order valence-corrected chi connectivity index (χ3v) is 4.66. The van der Waals surface area contributed by atoms with E-state index in [9.17, 15) is 4.39 Å². The number of imidazole rings is 1. The van der Waals surface area contributed by atoms with Crippen LogP contribution in [0.3, 0.4) is 0 Å². The van der Waals surface area contributed by atoms with E-state index in [0.29, 0.717) is 6.54 Å². The summed E-state index contributed by atoms with van der Waals surface area (Å²) in [5.41, 5.74) is 2.64. The molecule has 0 aliphatic rings. The summed E-state index contributed by atoms with van der Waals surface area (Å²) in [4.78, 5) is 11.7. The Balaban J connectivity index is 1.58. The molecule has 0 N–H and O–H groups in total. The van der Waals surface area contributed by atoms with Crippen LogP contribution in [0.5, 0.6) is 0 Å². The molecule has 1 aromatic carbocycles. The zero-order valence-electron chi connectivity index (χ0n) is 12.9. The largest absolute Gasteiger partial charge is 0.344 e. The Morgan fingerprint density at radius 2 is 2.00 bits per heavy atom. The van der Waals surface area contributed by atoms with Crippen molar-refractivity contribution in [3.63, 3.8) is 0 Å². The standard InChI is InChI=1S/C17H14FN5S/c1-22(10-14-4-2-3-9-19-14)17-21-23-11-15(20-16(23)24-17)12-5-7-13(18)8-6-12/h2-9,11H,10H2,1H3. The molecule has 0 atom stereocenters. The number of fused-ring (bicyclic) bond motifs is 1. The van der Waals surface area contributed by atoms with Crippen LogP contribution in [0.1, 0.15) is 5.69 Å². The second-order valence-corrected chi connectivity index (χ2v) is 6.36. The normalized spacial score (nSPS) is 11.1. The van der Waals surface area contributed by atoms with E-state index in [4.69, 9.17) is 0 Å². The minimum absolute atomic E-state index is 0.253. The Hall–Kier alpha value is -2.80. The Labute approximate surface area is 142 Å². The summed E-state index contributed by atoms with van der Waals surface area (Å²) in [5, 5.41) is 5.44. The van der Waals surface area contributed by atoms with E-state index in [1.807, 2.05) is 36.3 Å². The highest BCUT2D eigenvalue weighted by Gasteiger charge is 2.13. The van der Waals surface area contributed by atoms with Gasteiger partial charge in [-0.25, -0.2) is 13.9 Å². The van der Waals surface area contributed by atoms with Crippen LogP contribution in [0.15, 0.2) is 54.9 Å². The number of aromatic nitrogens is 4. The monoisotopic (exact) mass is 339 g/mol. The van der Waals surface area contributed by atoms with E-state index in [0.717, 1.165) is 27.0 Å². The molecule has 3 heterocycles. The van der Waals surface area contributed by atoms with Crippen LogP contribution in [0.25, 0.3) is 16.2 Å². The number of benzene rings is 1. The van der Waals surface area contributed by atoms with Crippen molar-refractivity contribution < 1.29 is 4.39 Å². The molecule has 0 spiro atoms. The fourth-order valence-electron chi connectivity index (χ4n) is 2.41. The van der Waals surface area contributed by atoms with Gasteiger partial charge in [-0.15, -0.1) is 5.10 Å². The lowest BCUT2D eigenvalue weighted by atomic mass is 10.2. The van der Waals surface area contributed by atoms with Crippen molar-refractivity contribution in [3.8, 4) is 11.3 Å². The van der Waals surface area contributed by atoms with Gasteiger partial charge >= 0.3 is 0 Å². The maximum atomic E-state index is 13.0. The number of hydrogen-bond acceptors (Lipinski definition) is 5. The van der Waals surface area contributed by atoms with Gasteiger partial charge < -0.3 is 4.90 Å². The van der Waals surface area contributed by atoms with Gasteiger partial charge in [-0.05, 0) is 36.4 Å². The Morgan fingerprint density at radius 1 is 1.17 bits per heavy atom. The molecule has 0 amide bonds. The summed E-state index contributed by atoms with van der Waals surface area (Å²) >= 11 is 1.51. The Kier molecular flexibility index (Phi) is 3.70. The third-order valence-electron chi connectivity index (χ3n) is 3.62. The van der Waals surface area contributed by atoms with Gasteiger partial charge in [0.2, 0.25) is 10.1 Å². The first kappa shape index (κ1) is 14.8. The molecule has 0 radical (unpaired) electrons. The number of hydrogen-bond donors (Lipinski definition) is 0. The summed E-state index contributed by atoms with van der Waals surface area (Å²) in [6.45, 7) is 0.683. The maximum absolute atomic E-state index is 13.0. The average Bonchev–Trinajstić information content (AvgIpc) is 3.15. The van der Waals surface area contributed by atoms with Gasteiger partial charge in [0.05, 0.1) is 24.1 Å². The van der Waals surface area contributed by atoms with E-state index >= 15 is 0 Å². The fourth-order valence-corrected chi connectivity index (χ4v) is 3.25. The van der Waals surface area contributed by atoms with Crippen molar-refractivity contribution in [2.24, 2.45) is 0 Å². The van der Waals surface area contributed by atoms with E-state index < -0.39 is 0 Å². The van der Waals surface area contributed by atoms with E-state index in [1.54, 1.807) is 22.8 Å². The highest BCUT2D eigenvalue weighted by Crippen LogP contribution is 2.26. The molecule has 24 heavy (non-hydrogen) atoms. The molecule has 0 saturated carbocycles. The van der Waals surface area contributed by atoms with Gasteiger partial charge in [0.15, 0.2) is 0 Å². The second-order valence-electron chi connectivity index (χ2n) is 5.42. The molecular formula is C17H14FN5S. The molecule has 4 rings (SSSR count). The lowest BCUT2D eigenvalue weighted by molar-refractivity contribution is 0.628. The van der Waals surface area contributed by atoms with Crippen molar-refractivity contribution in [1.29, 1.82) is 0 Å². The smallest absolute Gasteiger partial charge is 0.214 e. The number of nitrogens with zero attached hydrogens (tertiary/aromatic N) is 5. The highest BCUT2D eigenvalue weighted by atomic mass is 32.1. The highest BCUT2D eigenvalue weighted by molar-refractivity contribution is 7.20. The van der Waals surface area contributed by atoms with Crippen LogP contribution in [-0.2, 0) is 6.54 Å². The molecule has 4 aromatic rings. The molecule has 7 heteroatoms. The minimum atomic E-state index is -0.253. The van der Waals surface area contributed by atoms with Crippen LogP contribution in [-0.4, -0.2) is 26.6 Å². The second kappa shape index (κ2) is 6.01. The Bertz CT molecular complexity index is 930. The van der Waals surface area contributed by atoms with E-state index in [2.05, 4.69) is 15.1 Å². The summed E-state index contributed by atoms with van der Waals surface area (Å²) in [6.07, 6.45) is 3.64. The number of rotatable bonds is 4. The first-order chi connectivity index (χ1) is 11.7. The fraction of sp³-hybridized carbons (Fsp3) is 0.118. The minimum Gasteiger partial charge on any atom is -0.344 e. The number of anilines is 1. The van der Waals surface area contributed by atoms with Crippen molar-refractivity contribution in [3.05, 3.63) is 66.4 Å². The van der Waals surface area contributed by atoms with Gasteiger partial charge in [-0.3, -0.25) is 4.98 Å². The third kappa shape index (κ3) is 2.85. The van der Waals surface area contributed by atoms with Crippen molar-refractivity contribution in [1.82, 2.24) is 19.6 Å². The molecule has 0 unspecified atom stereocenters. The molecular weight excluding hydrogens is 325 g/mol.